The average molecular weight is 571 g/mol. The van der Waals surface area contributed by atoms with Crippen LogP contribution < -0.4 is 10.1 Å². The van der Waals surface area contributed by atoms with Gasteiger partial charge in [-0.15, -0.1) is 24.0 Å². The molecule has 1 saturated heterocycles. The van der Waals surface area contributed by atoms with Crippen molar-refractivity contribution >= 4 is 29.9 Å². The number of aromatic nitrogens is 2. The molecule has 0 spiro atoms. The molecule has 8 nitrogen and oxygen atoms in total. The summed E-state index contributed by atoms with van der Waals surface area (Å²) in [5.74, 6) is 2.13. The van der Waals surface area contributed by atoms with Gasteiger partial charge in [0.25, 0.3) is 0 Å². The number of rotatable bonds is 8. The molecule has 1 unspecified atom stereocenters. The van der Waals surface area contributed by atoms with E-state index in [1.165, 1.54) is 11.1 Å². The van der Waals surface area contributed by atoms with Gasteiger partial charge in [-0.2, -0.15) is 5.10 Å². The van der Waals surface area contributed by atoms with E-state index < -0.39 is 0 Å². The molecule has 1 aromatic heterocycles. The summed E-state index contributed by atoms with van der Waals surface area (Å²) in [6.45, 7) is 9.24. The maximum Gasteiger partial charge on any atom is 0.193 e. The van der Waals surface area contributed by atoms with Crippen LogP contribution in [0.3, 0.4) is 0 Å². The van der Waals surface area contributed by atoms with E-state index in [9.17, 15) is 0 Å². The number of nitrogens with one attached hydrogen (secondary N) is 1. The number of hydrogen-bond donors (Lipinski definition) is 1. The van der Waals surface area contributed by atoms with Gasteiger partial charge in [0.2, 0.25) is 0 Å². The van der Waals surface area contributed by atoms with Crippen LogP contribution in [0.15, 0.2) is 35.5 Å². The van der Waals surface area contributed by atoms with Crippen molar-refractivity contribution in [3.05, 3.63) is 47.3 Å². The van der Waals surface area contributed by atoms with Crippen LogP contribution in [-0.2, 0) is 18.3 Å². The Hall–Kier alpha value is -1.85. The predicted octanol–water partition coefficient (Wildman–Crippen LogP) is 3.25. The van der Waals surface area contributed by atoms with Crippen molar-refractivity contribution in [3.8, 4) is 5.75 Å². The molecule has 0 radical (unpaired) electrons. The maximum atomic E-state index is 5.58. The van der Waals surface area contributed by atoms with Crippen LogP contribution in [0, 0.1) is 0 Å². The quantitative estimate of drug-likeness (QED) is 0.299. The number of halogens is 1. The number of methoxy groups -OCH3 is 1. The first-order valence-electron chi connectivity index (χ1n) is 11.3. The summed E-state index contributed by atoms with van der Waals surface area (Å²) in [4.78, 5) is 9.18. The van der Waals surface area contributed by atoms with Gasteiger partial charge in [-0.25, -0.2) is 0 Å². The fraction of sp³-hybridized carbons (Fsp3) is 0.583. The van der Waals surface area contributed by atoms with Gasteiger partial charge in [0.15, 0.2) is 5.96 Å². The number of hydrogen-bond acceptors (Lipinski definition) is 5. The predicted molar refractivity (Wildman–Crippen MR) is 144 cm³/mol. The van der Waals surface area contributed by atoms with Gasteiger partial charge in [-0.05, 0) is 23.6 Å². The lowest BCUT2D eigenvalue weighted by Crippen LogP contribution is -2.46. The van der Waals surface area contributed by atoms with Gasteiger partial charge in [0.1, 0.15) is 5.75 Å². The lowest BCUT2D eigenvalue weighted by Gasteiger charge is -2.35. The number of morpholine rings is 1. The Kier molecular flexibility index (Phi) is 10.9. The first-order chi connectivity index (χ1) is 15.4. The Morgan fingerprint density at radius 1 is 1.24 bits per heavy atom. The van der Waals surface area contributed by atoms with Crippen LogP contribution in [-0.4, -0.2) is 79.6 Å². The van der Waals surface area contributed by atoms with Gasteiger partial charge in [0.05, 0.1) is 32.1 Å². The van der Waals surface area contributed by atoms with Crippen LogP contribution in [0.2, 0.25) is 0 Å². The average Bonchev–Trinajstić information content (AvgIpc) is 3.17. The number of guanidine groups is 1. The van der Waals surface area contributed by atoms with Crippen molar-refractivity contribution in [2.24, 2.45) is 12.0 Å². The Balaban J connectivity index is 0.00000385. The Morgan fingerprint density at radius 3 is 2.48 bits per heavy atom. The van der Waals surface area contributed by atoms with Crippen molar-refractivity contribution in [1.29, 1.82) is 0 Å². The molecule has 1 aliphatic heterocycles. The fourth-order valence-corrected chi connectivity index (χ4v) is 4.24. The van der Waals surface area contributed by atoms with Crippen LogP contribution in [0.1, 0.15) is 42.6 Å². The maximum absolute atomic E-state index is 5.58. The molecule has 1 fully saturated rings. The van der Waals surface area contributed by atoms with Crippen molar-refractivity contribution < 1.29 is 9.47 Å². The minimum atomic E-state index is 0. The minimum Gasteiger partial charge on any atom is -0.497 e. The van der Waals surface area contributed by atoms with Crippen molar-refractivity contribution in [3.63, 3.8) is 0 Å². The molecule has 0 amide bonds. The van der Waals surface area contributed by atoms with E-state index in [0.29, 0.717) is 5.92 Å². The van der Waals surface area contributed by atoms with Gasteiger partial charge in [-0.3, -0.25) is 14.6 Å². The molecule has 1 atom stereocenters. The Bertz CT molecular complexity index is 878. The van der Waals surface area contributed by atoms with Gasteiger partial charge < -0.3 is 19.7 Å². The van der Waals surface area contributed by atoms with Crippen molar-refractivity contribution in [2.45, 2.75) is 32.4 Å². The van der Waals surface area contributed by atoms with Crippen LogP contribution in [0.4, 0.5) is 0 Å². The van der Waals surface area contributed by atoms with E-state index in [0.717, 1.165) is 56.8 Å². The molecule has 0 bridgehead atoms. The second-order valence-corrected chi connectivity index (χ2v) is 8.59. The molecule has 1 N–H and O–H groups in total. The molecule has 0 aliphatic carbocycles. The minimum absolute atomic E-state index is 0. The zero-order valence-corrected chi connectivity index (χ0v) is 23.1. The summed E-state index contributed by atoms with van der Waals surface area (Å²) in [6.07, 6.45) is 2.10. The van der Waals surface area contributed by atoms with E-state index in [1.54, 1.807) is 7.11 Å². The smallest absolute Gasteiger partial charge is 0.193 e. The van der Waals surface area contributed by atoms with E-state index >= 15 is 0 Å². The van der Waals surface area contributed by atoms with E-state index in [-0.39, 0.29) is 30.0 Å². The summed E-state index contributed by atoms with van der Waals surface area (Å²) < 4.78 is 12.8. The summed E-state index contributed by atoms with van der Waals surface area (Å²) >= 11 is 0. The molecule has 33 heavy (non-hydrogen) atoms. The van der Waals surface area contributed by atoms with Gasteiger partial charge in [0, 0.05) is 59.1 Å². The number of benzene rings is 1. The number of ether oxygens (including phenoxy) is 2. The summed E-state index contributed by atoms with van der Waals surface area (Å²) in [5.41, 5.74) is 3.62. The highest BCUT2D eigenvalue weighted by Gasteiger charge is 2.24. The molecule has 184 valence electrons. The number of nitrogens with zero attached hydrogens (tertiary/aromatic N) is 5. The molecule has 3 rings (SSSR count). The highest BCUT2D eigenvalue weighted by molar-refractivity contribution is 14.0. The zero-order valence-electron chi connectivity index (χ0n) is 20.7. The molecule has 2 heterocycles. The molecule has 1 aromatic carbocycles. The van der Waals surface area contributed by atoms with Crippen LogP contribution in [0.5, 0.6) is 5.75 Å². The second-order valence-electron chi connectivity index (χ2n) is 8.59. The summed E-state index contributed by atoms with van der Waals surface area (Å²) in [7, 11) is 7.58. The topological polar surface area (TPSA) is 67.2 Å². The molecule has 1 aliphatic rings. The first kappa shape index (κ1) is 27.4. The van der Waals surface area contributed by atoms with Crippen molar-refractivity contribution in [1.82, 2.24) is 24.9 Å². The third-order valence-corrected chi connectivity index (χ3v) is 5.91. The molecular formula is C24H39IN6O2. The fourth-order valence-electron chi connectivity index (χ4n) is 4.24. The first-order valence-corrected chi connectivity index (χ1v) is 11.3. The lowest BCUT2D eigenvalue weighted by molar-refractivity contribution is 0.0169. The molecule has 2 aromatic rings. The second kappa shape index (κ2) is 13.1. The zero-order chi connectivity index (χ0) is 23.1. The monoisotopic (exact) mass is 570 g/mol. The third-order valence-electron chi connectivity index (χ3n) is 5.91. The van der Waals surface area contributed by atoms with E-state index in [4.69, 9.17) is 9.47 Å². The Labute approximate surface area is 215 Å². The Morgan fingerprint density at radius 2 is 1.91 bits per heavy atom. The summed E-state index contributed by atoms with van der Waals surface area (Å²) in [5, 5.41) is 8.24. The van der Waals surface area contributed by atoms with Crippen LogP contribution >= 0.6 is 24.0 Å². The molecule has 9 heteroatoms. The summed E-state index contributed by atoms with van der Waals surface area (Å²) in [6, 6.07) is 8.58. The molecule has 0 saturated carbocycles. The lowest BCUT2D eigenvalue weighted by atomic mass is 10.0. The highest BCUT2D eigenvalue weighted by atomic mass is 127. The normalized spacial score (nSPS) is 15.8. The number of aryl methyl sites for hydroxylation is 1. The van der Waals surface area contributed by atoms with Crippen molar-refractivity contribution in [2.75, 3.05) is 54.1 Å². The van der Waals surface area contributed by atoms with Gasteiger partial charge >= 0.3 is 0 Å². The largest absolute Gasteiger partial charge is 0.497 e. The standard InChI is InChI=1S/C24H38N6O2.HI/c1-18(2)23-20(17-29(5)27-23)16-28(4)24(25-3)26-15-22(30-11-13-32-14-12-30)19-7-9-21(31-6)10-8-19;/h7-10,17-18,22H,11-16H2,1-6H3,(H,25,26);1H. The van der Waals surface area contributed by atoms with E-state index in [2.05, 4.69) is 64.4 Å². The van der Waals surface area contributed by atoms with Gasteiger partial charge in [-0.1, -0.05) is 26.0 Å². The number of aliphatic imine (C=N–C) groups is 1. The third kappa shape index (κ3) is 7.31. The SMILES string of the molecule is CN=C(NCC(c1ccc(OC)cc1)N1CCOCC1)N(C)Cc1cn(C)nc1C(C)C.I. The highest BCUT2D eigenvalue weighted by Crippen LogP contribution is 2.24. The van der Waals surface area contributed by atoms with Crippen LogP contribution in [0.25, 0.3) is 0 Å². The molecular weight excluding hydrogens is 531 g/mol. The van der Waals surface area contributed by atoms with E-state index in [1.807, 2.05) is 30.9 Å².